The Hall–Kier alpha value is 0.931. The molecule has 0 aliphatic heterocycles. The van der Waals surface area contributed by atoms with E-state index in [1.165, 1.54) is 6.92 Å². The molecule has 7 heteroatoms. The van der Waals surface area contributed by atoms with E-state index in [1.54, 1.807) is 0 Å². The molecule has 0 radical (unpaired) electrons. The molecule has 0 nitrogen and oxygen atoms in total. The number of benzene rings is 1. The van der Waals surface area contributed by atoms with Crippen LogP contribution in [0, 0.1) is 12.7 Å². The molecule has 1 aromatic rings. The van der Waals surface area contributed by atoms with Crippen molar-refractivity contribution < 1.29 is 68.7 Å². The number of aryl methyl sites for hydroxylation is 1. The first-order valence-corrected chi connectivity index (χ1v) is 3.85. The molecule has 0 atom stereocenters. The van der Waals surface area contributed by atoms with Gasteiger partial charge in [0.2, 0.25) is 0 Å². The summed E-state index contributed by atoms with van der Waals surface area (Å²) in [4.78, 5) is 0. The zero-order valence-corrected chi connectivity index (χ0v) is 11.5. The summed E-state index contributed by atoms with van der Waals surface area (Å²) in [5, 5.41) is -0.587. The van der Waals surface area contributed by atoms with Gasteiger partial charge in [0.05, 0.1) is 0 Å². The summed E-state index contributed by atoms with van der Waals surface area (Å²) in [6.45, 7) is -3.90. The standard InChI is InChI=1S/C7H5BClF4.K/c1-4-2-5(8(11,12)13)6(9)3-7(4)10;/h2-3H,1H3;/q-1;+1. The third-order valence-corrected chi connectivity index (χ3v) is 1.96. The fourth-order valence-electron chi connectivity index (χ4n) is 0.930. The molecule has 0 bridgehead atoms. The van der Waals surface area contributed by atoms with Crippen LogP contribution in [0.5, 0.6) is 0 Å². The normalized spacial score (nSPS) is 11.0. The topological polar surface area (TPSA) is 0 Å². The summed E-state index contributed by atoms with van der Waals surface area (Å²) >= 11 is 5.24. The minimum absolute atomic E-state index is 0. The van der Waals surface area contributed by atoms with Crippen LogP contribution in [-0.4, -0.2) is 6.98 Å². The Morgan fingerprint density at radius 3 is 2.14 bits per heavy atom. The van der Waals surface area contributed by atoms with Crippen molar-refractivity contribution in [2.45, 2.75) is 6.92 Å². The third-order valence-electron chi connectivity index (χ3n) is 1.63. The van der Waals surface area contributed by atoms with Gasteiger partial charge in [0, 0.05) is 5.02 Å². The predicted octanol–water partition coefficient (Wildman–Crippen LogP) is -0.154. The van der Waals surface area contributed by atoms with Crippen molar-refractivity contribution in [3.8, 4) is 0 Å². The maximum atomic E-state index is 12.7. The molecule has 0 aliphatic rings. The van der Waals surface area contributed by atoms with Gasteiger partial charge in [-0.3, -0.25) is 0 Å². The van der Waals surface area contributed by atoms with Crippen molar-refractivity contribution >= 4 is 24.0 Å². The number of rotatable bonds is 1. The fraction of sp³-hybridized carbons (Fsp3) is 0.143. The molecule has 0 fully saturated rings. The Morgan fingerprint density at radius 1 is 1.21 bits per heavy atom. The second-order valence-electron chi connectivity index (χ2n) is 2.70. The SMILES string of the molecule is Cc1cc([B-](F)(F)F)c(Cl)cc1F.[K+]. The number of hydrogen-bond acceptors (Lipinski definition) is 0. The Labute approximate surface area is 126 Å². The van der Waals surface area contributed by atoms with E-state index in [0.717, 1.165) is 6.07 Å². The van der Waals surface area contributed by atoms with E-state index < -0.39 is 23.3 Å². The van der Waals surface area contributed by atoms with Crippen LogP contribution in [0.3, 0.4) is 0 Å². The quantitative estimate of drug-likeness (QED) is 0.480. The van der Waals surface area contributed by atoms with Crippen molar-refractivity contribution in [2.75, 3.05) is 0 Å². The second-order valence-corrected chi connectivity index (χ2v) is 3.10. The van der Waals surface area contributed by atoms with Crippen molar-refractivity contribution in [3.05, 3.63) is 28.5 Å². The van der Waals surface area contributed by atoms with Crippen LogP contribution >= 0.6 is 11.6 Å². The molecule has 0 saturated carbocycles. The molecule has 0 heterocycles. The molecular weight excluding hydrogens is 245 g/mol. The van der Waals surface area contributed by atoms with Gasteiger partial charge in [-0.15, -0.1) is 0 Å². The van der Waals surface area contributed by atoms with Gasteiger partial charge in [-0.05, 0) is 18.6 Å². The minimum atomic E-state index is -5.16. The summed E-state index contributed by atoms with van der Waals surface area (Å²) in [5.41, 5.74) is -1.00. The first-order valence-electron chi connectivity index (χ1n) is 3.48. The molecule has 1 rings (SSSR count). The van der Waals surface area contributed by atoms with E-state index in [1.807, 2.05) is 0 Å². The summed E-state index contributed by atoms with van der Waals surface area (Å²) in [5.74, 6) is -0.728. The molecule has 1 aromatic carbocycles. The Morgan fingerprint density at radius 2 is 1.71 bits per heavy atom. The molecular formula is C7H5BClF4K. The maximum absolute atomic E-state index is 12.7. The van der Waals surface area contributed by atoms with Crippen LogP contribution in [0.2, 0.25) is 5.02 Å². The van der Waals surface area contributed by atoms with Crippen LogP contribution in [-0.2, 0) is 0 Å². The number of halogens is 5. The zero-order chi connectivity index (χ0) is 10.2. The van der Waals surface area contributed by atoms with Gasteiger partial charge in [0.25, 0.3) is 0 Å². The van der Waals surface area contributed by atoms with Crippen LogP contribution < -0.4 is 56.8 Å². The molecule has 0 aliphatic carbocycles. The van der Waals surface area contributed by atoms with Gasteiger partial charge in [-0.1, -0.05) is 23.1 Å². The Balaban J connectivity index is 0.00000169. The summed E-state index contributed by atoms with van der Waals surface area (Å²) in [6.07, 6.45) is 0. The number of hydrogen-bond donors (Lipinski definition) is 0. The molecule has 0 amide bonds. The van der Waals surface area contributed by atoms with Crippen molar-refractivity contribution in [2.24, 2.45) is 0 Å². The maximum Gasteiger partial charge on any atom is 1.00 e. The van der Waals surface area contributed by atoms with Gasteiger partial charge < -0.3 is 12.9 Å². The molecule has 72 valence electrons. The van der Waals surface area contributed by atoms with Gasteiger partial charge in [0.15, 0.2) is 0 Å². The van der Waals surface area contributed by atoms with Crippen molar-refractivity contribution in [1.82, 2.24) is 0 Å². The van der Waals surface area contributed by atoms with Crippen molar-refractivity contribution in [1.29, 1.82) is 0 Å². The van der Waals surface area contributed by atoms with E-state index in [2.05, 4.69) is 0 Å². The monoisotopic (exact) mass is 250 g/mol. The molecule has 0 spiro atoms. The van der Waals surface area contributed by atoms with E-state index in [4.69, 9.17) is 11.6 Å². The first kappa shape index (κ1) is 14.9. The molecule has 0 saturated heterocycles. The van der Waals surface area contributed by atoms with E-state index in [-0.39, 0.29) is 56.9 Å². The van der Waals surface area contributed by atoms with E-state index >= 15 is 0 Å². The van der Waals surface area contributed by atoms with Gasteiger partial charge >= 0.3 is 58.4 Å². The summed E-state index contributed by atoms with van der Waals surface area (Å²) < 4.78 is 49.4. The molecule has 14 heavy (non-hydrogen) atoms. The van der Waals surface area contributed by atoms with Crippen LogP contribution in [0.4, 0.5) is 17.3 Å². The Bertz CT molecular complexity index is 339. The Kier molecular flexibility index (Phi) is 5.67. The second kappa shape index (κ2) is 5.32. The predicted molar refractivity (Wildman–Crippen MR) is 44.9 cm³/mol. The largest absolute Gasteiger partial charge is 1.00 e. The van der Waals surface area contributed by atoms with Crippen LogP contribution in [0.15, 0.2) is 12.1 Å². The third kappa shape index (κ3) is 3.50. The first-order chi connectivity index (χ1) is 5.82. The van der Waals surface area contributed by atoms with Gasteiger partial charge in [-0.25, -0.2) is 4.39 Å². The average molecular weight is 250 g/mol. The zero-order valence-electron chi connectivity index (χ0n) is 7.62. The van der Waals surface area contributed by atoms with E-state index in [0.29, 0.717) is 6.07 Å². The fourth-order valence-corrected chi connectivity index (χ4v) is 1.20. The van der Waals surface area contributed by atoms with Crippen LogP contribution in [0.25, 0.3) is 0 Å². The minimum Gasteiger partial charge on any atom is -0.445 e. The molecule has 0 unspecified atom stereocenters. The van der Waals surface area contributed by atoms with Crippen LogP contribution in [0.1, 0.15) is 5.56 Å². The van der Waals surface area contributed by atoms with E-state index in [9.17, 15) is 17.3 Å². The molecule has 0 aromatic heterocycles. The van der Waals surface area contributed by atoms with Crippen molar-refractivity contribution in [3.63, 3.8) is 0 Å². The summed E-state index contributed by atoms with van der Waals surface area (Å²) in [6, 6.07) is 1.40. The average Bonchev–Trinajstić information content (AvgIpc) is 1.94. The van der Waals surface area contributed by atoms with Gasteiger partial charge in [0.1, 0.15) is 5.82 Å². The molecule has 0 N–H and O–H groups in total. The smallest absolute Gasteiger partial charge is 0.445 e. The summed E-state index contributed by atoms with van der Waals surface area (Å²) in [7, 11) is 0. The van der Waals surface area contributed by atoms with Gasteiger partial charge in [-0.2, -0.15) is 0 Å².